The van der Waals surface area contributed by atoms with Gasteiger partial charge in [-0.1, -0.05) is 69.1 Å². The maximum Gasteiger partial charge on any atom is 0.326 e. The molecule has 0 heterocycles. The molecule has 0 bridgehead atoms. The zero-order chi connectivity index (χ0) is 34.5. The lowest BCUT2D eigenvalue weighted by Gasteiger charge is -2.29. The van der Waals surface area contributed by atoms with E-state index in [0.29, 0.717) is 17.9 Å². The standard InChI is InChI=1S/C34H60N4O5S2/c1-10-26(8)30(33(41)36-28(34(42)43)18-19-44-9)38-32(40)29(23(4)5)37-31(39)27(35)21-45-20-17-25(7)16-12-15-24(6)14-11-13-22(2)3/h13,15,17,23,26-30H,10-12,14,16,18-21,35H2,1-9H3,(H,36,41)(H,37,39)(H,38,40)(H,42,43)/b24-15+,25-17+/t26-,27-,28-,29-,30-/m0/s1. The predicted octanol–water partition coefficient (Wildman–Crippen LogP) is 5.46. The van der Waals surface area contributed by atoms with E-state index in [9.17, 15) is 24.3 Å². The molecule has 0 aromatic rings. The van der Waals surface area contributed by atoms with E-state index < -0.39 is 47.9 Å². The molecule has 0 aromatic carbocycles. The van der Waals surface area contributed by atoms with Gasteiger partial charge in [-0.25, -0.2) is 4.79 Å². The van der Waals surface area contributed by atoms with Crippen LogP contribution in [0.15, 0.2) is 34.9 Å². The second-order valence-corrected chi connectivity index (χ2v) is 14.4. The van der Waals surface area contributed by atoms with Gasteiger partial charge in [0.1, 0.15) is 18.1 Å². The number of rotatable bonds is 23. The van der Waals surface area contributed by atoms with Crippen LogP contribution in [-0.4, -0.2) is 76.5 Å². The molecule has 9 nitrogen and oxygen atoms in total. The molecule has 3 amide bonds. The van der Waals surface area contributed by atoms with E-state index in [0.717, 1.165) is 31.4 Å². The van der Waals surface area contributed by atoms with Crippen LogP contribution in [0.2, 0.25) is 0 Å². The minimum Gasteiger partial charge on any atom is -0.480 e. The average Bonchev–Trinajstić information content (AvgIpc) is 2.97. The summed E-state index contributed by atoms with van der Waals surface area (Å²) in [5.74, 6) is -1.42. The number of amides is 3. The molecule has 0 saturated carbocycles. The van der Waals surface area contributed by atoms with Gasteiger partial charge in [0.2, 0.25) is 17.7 Å². The maximum atomic E-state index is 13.3. The van der Waals surface area contributed by atoms with Crippen molar-refractivity contribution in [2.75, 3.05) is 23.5 Å². The van der Waals surface area contributed by atoms with Crippen LogP contribution < -0.4 is 21.7 Å². The zero-order valence-corrected chi connectivity index (χ0v) is 30.7. The molecule has 0 unspecified atom stereocenters. The maximum absolute atomic E-state index is 13.3. The largest absolute Gasteiger partial charge is 0.480 e. The zero-order valence-electron chi connectivity index (χ0n) is 29.0. The van der Waals surface area contributed by atoms with E-state index >= 15 is 0 Å². The molecule has 0 rings (SSSR count). The van der Waals surface area contributed by atoms with Crippen molar-refractivity contribution in [1.82, 2.24) is 16.0 Å². The predicted molar refractivity (Wildman–Crippen MR) is 191 cm³/mol. The summed E-state index contributed by atoms with van der Waals surface area (Å²) in [7, 11) is 0. The van der Waals surface area contributed by atoms with Gasteiger partial charge in [0.05, 0.1) is 6.04 Å². The lowest BCUT2D eigenvalue weighted by molar-refractivity contribution is -0.142. The summed E-state index contributed by atoms with van der Waals surface area (Å²) in [5.41, 5.74) is 10.2. The molecule has 0 aromatic heterocycles. The van der Waals surface area contributed by atoms with Crippen LogP contribution in [0.25, 0.3) is 0 Å². The molecule has 0 aliphatic rings. The van der Waals surface area contributed by atoms with Crippen molar-refractivity contribution < 1.29 is 24.3 Å². The summed E-state index contributed by atoms with van der Waals surface area (Å²) >= 11 is 3.05. The number of thioether (sulfide) groups is 2. The van der Waals surface area contributed by atoms with Crippen molar-refractivity contribution in [1.29, 1.82) is 0 Å². The Morgan fingerprint density at radius 3 is 1.91 bits per heavy atom. The third kappa shape index (κ3) is 19.1. The highest BCUT2D eigenvalue weighted by atomic mass is 32.2. The highest BCUT2D eigenvalue weighted by molar-refractivity contribution is 7.99. The molecular formula is C34H60N4O5S2. The number of carbonyl (C=O) groups is 4. The normalized spacial score (nSPS) is 15.4. The molecule has 11 heteroatoms. The van der Waals surface area contributed by atoms with E-state index in [2.05, 4.69) is 61.9 Å². The molecular weight excluding hydrogens is 609 g/mol. The van der Waals surface area contributed by atoms with Gasteiger partial charge in [0, 0.05) is 11.5 Å². The molecule has 258 valence electrons. The van der Waals surface area contributed by atoms with Gasteiger partial charge in [0.25, 0.3) is 0 Å². The number of aliphatic carboxylic acids is 1. The summed E-state index contributed by atoms with van der Waals surface area (Å²) < 4.78 is 0. The fourth-order valence-corrected chi connectivity index (χ4v) is 5.72. The smallest absolute Gasteiger partial charge is 0.326 e. The summed E-state index contributed by atoms with van der Waals surface area (Å²) in [6, 6.07) is -3.70. The fraction of sp³-hybridized carbons (Fsp3) is 0.706. The summed E-state index contributed by atoms with van der Waals surface area (Å²) in [6.45, 7) is 15.9. The first-order valence-corrected chi connectivity index (χ1v) is 18.6. The number of hydrogen-bond acceptors (Lipinski definition) is 7. The van der Waals surface area contributed by atoms with E-state index in [1.54, 1.807) is 25.6 Å². The van der Waals surface area contributed by atoms with Gasteiger partial charge >= 0.3 is 5.97 Å². The number of carboxylic acids is 1. The first kappa shape index (κ1) is 42.8. The molecule has 5 atom stereocenters. The monoisotopic (exact) mass is 668 g/mol. The summed E-state index contributed by atoms with van der Waals surface area (Å²) in [6.07, 6.45) is 13.6. The quantitative estimate of drug-likeness (QED) is 0.0712. The minimum absolute atomic E-state index is 0.254. The van der Waals surface area contributed by atoms with Crippen LogP contribution in [0.1, 0.15) is 93.9 Å². The highest BCUT2D eigenvalue weighted by Crippen LogP contribution is 2.14. The molecule has 0 aliphatic carbocycles. The molecule has 0 spiro atoms. The van der Waals surface area contributed by atoms with Crippen LogP contribution in [0, 0.1) is 11.8 Å². The van der Waals surface area contributed by atoms with E-state index in [4.69, 9.17) is 5.73 Å². The van der Waals surface area contributed by atoms with Gasteiger partial charge in [-0.2, -0.15) is 23.5 Å². The Hall–Kier alpha value is -2.24. The Kier molecular flexibility index (Phi) is 22.8. The Morgan fingerprint density at radius 2 is 1.38 bits per heavy atom. The third-order valence-electron chi connectivity index (χ3n) is 7.57. The Balaban J connectivity index is 5.05. The summed E-state index contributed by atoms with van der Waals surface area (Å²) in [5, 5.41) is 17.7. The van der Waals surface area contributed by atoms with Gasteiger partial charge < -0.3 is 26.8 Å². The van der Waals surface area contributed by atoms with Crippen molar-refractivity contribution in [3.63, 3.8) is 0 Å². The SMILES string of the molecule is CC[C@H](C)[C@H](NC(=O)[C@@H](NC(=O)[C@@H](N)CSC/C=C(\C)CC/C=C(\C)CCC=C(C)C)C(C)C)C(=O)N[C@@H](CCSC)C(=O)O. The summed E-state index contributed by atoms with van der Waals surface area (Å²) in [4.78, 5) is 51.0. The van der Waals surface area contributed by atoms with Crippen molar-refractivity contribution in [3.8, 4) is 0 Å². The Bertz CT molecular complexity index is 1020. The van der Waals surface area contributed by atoms with Crippen molar-refractivity contribution in [2.45, 2.75) is 118 Å². The van der Waals surface area contributed by atoms with E-state index in [-0.39, 0.29) is 18.3 Å². The number of nitrogens with one attached hydrogen (secondary N) is 3. The first-order valence-electron chi connectivity index (χ1n) is 16.0. The fourth-order valence-electron chi connectivity index (χ4n) is 4.31. The van der Waals surface area contributed by atoms with Crippen LogP contribution >= 0.6 is 23.5 Å². The Labute approximate surface area is 280 Å². The van der Waals surface area contributed by atoms with Crippen LogP contribution in [0.5, 0.6) is 0 Å². The van der Waals surface area contributed by atoms with Crippen molar-refractivity contribution in [2.24, 2.45) is 17.6 Å². The van der Waals surface area contributed by atoms with Gasteiger partial charge in [0.15, 0.2) is 0 Å². The van der Waals surface area contributed by atoms with E-state index in [1.807, 2.05) is 20.1 Å². The topological polar surface area (TPSA) is 151 Å². The van der Waals surface area contributed by atoms with Crippen molar-refractivity contribution >= 4 is 47.2 Å². The molecule has 0 aliphatic heterocycles. The number of hydrogen-bond donors (Lipinski definition) is 5. The second kappa shape index (κ2) is 24.0. The van der Waals surface area contributed by atoms with Crippen LogP contribution in [0.3, 0.4) is 0 Å². The second-order valence-electron chi connectivity index (χ2n) is 12.4. The lowest BCUT2D eigenvalue weighted by atomic mass is 9.96. The van der Waals surface area contributed by atoms with E-state index in [1.165, 1.54) is 28.5 Å². The number of carboxylic acid groups (broad SMARTS) is 1. The molecule has 0 fully saturated rings. The van der Waals surface area contributed by atoms with Gasteiger partial charge in [-0.15, -0.1) is 0 Å². The van der Waals surface area contributed by atoms with Crippen LogP contribution in [0.4, 0.5) is 0 Å². The molecule has 0 radical (unpaired) electrons. The number of nitrogens with two attached hydrogens (primary N) is 1. The van der Waals surface area contributed by atoms with Gasteiger partial charge in [-0.05, 0) is 83.6 Å². The van der Waals surface area contributed by atoms with Crippen molar-refractivity contribution in [3.05, 3.63) is 34.9 Å². The number of carbonyl (C=O) groups excluding carboxylic acids is 3. The Morgan fingerprint density at radius 1 is 0.822 bits per heavy atom. The molecule has 6 N–H and O–H groups in total. The molecule has 0 saturated heterocycles. The van der Waals surface area contributed by atoms with Crippen LogP contribution in [-0.2, 0) is 19.2 Å². The van der Waals surface area contributed by atoms with Gasteiger partial charge in [-0.3, -0.25) is 14.4 Å². The minimum atomic E-state index is -1.12. The average molecular weight is 669 g/mol. The first-order chi connectivity index (χ1) is 21.1. The third-order valence-corrected chi connectivity index (χ3v) is 9.21. The number of allylic oxidation sites excluding steroid dienone is 5. The lowest BCUT2D eigenvalue weighted by Crippen LogP contribution is -2.60. The molecule has 45 heavy (non-hydrogen) atoms. The highest BCUT2D eigenvalue weighted by Gasteiger charge is 2.33.